The Kier molecular flexibility index (Phi) is 8.40. The SMILES string of the molecule is Cc1ccc(COc2cccc(-c3ccc(Cc4nc5ccc(C(=O)O)cc5n4CCOC(F)(F)F)c(F)c3)n2)c(F)c1. The number of hydrogen-bond donors (Lipinski definition) is 1. The van der Waals surface area contributed by atoms with Crippen molar-refractivity contribution >= 4 is 17.0 Å². The van der Waals surface area contributed by atoms with Crippen LogP contribution in [0, 0.1) is 18.6 Å². The summed E-state index contributed by atoms with van der Waals surface area (Å²) >= 11 is 0. The van der Waals surface area contributed by atoms with Crippen LogP contribution < -0.4 is 4.74 Å². The molecule has 0 atom stereocenters. The van der Waals surface area contributed by atoms with E-state index in [2.05, 4.69) is 14.7 Å². The van der Waals surface area contributed by atoms with Crippen LogP contribution >= 0.6 is 0 Å². The number of aromatic nitrogens is 3. The van der Waals surface area contributed by atoms with Gasteiger partial charge < -0.3 is 14.4 Å². The minimum absolute atomic E-state index is 0.0428. The van der Waals surface area contributed by atoms with E-state index in [1.807, 2.05) is 0 Å². The summed E-state index contributed by atoms with van der Waals surface area (Å²) in [5.41, 5.74) is 2.75. The quantitative estimate of drug-likeness (QED) is 0.173. The van der Waals surface area contributed by atoms with Crippen molar-refractivity contribution in [3.63, 3.8) is 0 Å². The molecule has 0 radical (unpaired) electrons. The largest absolute Gasteiger partial charge is 0.522 e. The second-order valence-electron chi connectivity index (χ2n) is 9.71. The molecule has 43 heavy (non-hydrogen) atoms. The van der Waals surface area contributed by atoms with Crippen molar-refractivity contribution in [1.29, 1.82) is 0 Å². The zero-order chi connectivity index (χ0) is 30.7. The van der Waals surface area contributed by atoms with E-state index >= 15 is 4.39 Å². The number of halogens is 5. The number of hydrogen-bond acceptors (Lipinski definition) is 5. The fourth-order valence-corrected chi connectivity index (χ4v) is 4.54. The number of ether oxygens (including phenoxy) is 2. The lowest BCUT2D eigenvalue weighted by Crippen LogP contribution is -2.18. The normalized spacial score (nSPS) is 11.7. The number of alkyl halides is 3. The summed E-state index contributed by atoms with van der Waals surface area (Å²) in [7, 11) is 0. The number of imidazole rings is 1. The third kappa shape index (κ3) is 7.15. The number of carboxylic acids is 1. The molecule has 0 amide bonds. The maximum atomic E-state index is 15.3. The Morgan fingerprint density at radius 2 is 1.70 bits per heavy atom. The molecule has 2 heterocycles. The van der Waals surface area contributed by atoms with Gasteiger partial charge in [-0.15, -0.1) is 13.2 Å². The fourth-order valence-electron chi connectivity index (χ4n) is 4.54. The summed E-state index contributed by atoms with van der Waals surface area (Å²) in [4.78, 5) is 20.3. The Balaban J connectivity index is 1.37. The van der Waals surface area contributed by atoms with Crippen LogP contribution in [0.4, 0.5) is 22.0 Å². The van der Waals surface area contributed by atoms with Crippen molar-refractivity contribution in [2.45, 2.75) is 32.9 Å². The maximum absolute atomic E-state index is 15.3. The van der Waals surface area contributed by atoms with E-state index in [0.717, 1.165) is 5.56 Å². The Morgan fingerprint density at radius 3 is 2.42 bits per heavy atom. The van der Waals surface area contributed by atoms with Crippen LogP contribution in [0.3, 0.4) is 0 Å². The molecule has 3 aromatic carbocycles. The number of carboxylic acid groups (broad SMARTS) is 1. The standard InChI is InChI=1S/C31H24F5N3O4/c1-18-5-6-22(23(32)13-18)17-42-29-4-2-3-25(38-29)20-8-7-19(24(33)14-20)16-28-37-26-10-9-21(30(40)41)15-27(26)39(28)11-12-43-31(34,35)36/h2-10,13-15H,11-12,16-17H2,1H3,(H,40,41). The van der Waals surface area contributed by atoms with Crippen LogP contribution in [-0.4, -0.2) is 38.6 Å². The highest BCUT2D eigenvalue weighted by molar-refractivity contribution is 5.92. The van der Waals surface area contributed by atoms with Gasteiger partial charge in [-0.2, -0.15) is 0 Å². The van der Waals surface area contributed by atoms with Gasteiger partial charge in [0.15, 0.2) is 0 Å². The van der Waals surface area contributed by atoms with Gasteiger partial charge in [-0.25, -0.2) is 23.5 Å². The van der Waals surface area contributed by atoms with Crippen molar-refractivity contribution in [2.75, 3.05) is 6.61 Å². The number of carbonyl (C=O) groups is 1. The molecule has 0 aliphatic rings. The van der Waals surface area contributed by atoms with E-state index in [-0.39, 0.29) is 47.9 Å². The molecular weight excluding hydrogens is 573 g/mol. The molecule has 5 rings (SSSR count). The number of rotatable bonds is 10. The summed E-state index contributed by atoms with van der Waals surface area (Å²) in [6, 6.07) is 18.2. The van der Waals surface area contributed by atoms with Crippen molar-refractivity contribution in [3.05, 3.63) is 113 Å². The van der Waals surface area contributed by atoms with Crippen molar-refractivity contribution in [1.82, 2.24) is 14.5 Å². The fraction of sp³-hybridized carbons (Fsp3) is 0.194. The topological polar surface area (TPSA) is 86.5 Å². The number of nitrogens with zero attached hydrogens (tertiary/aromatic N) is 3. The predicted molar refractivity (Wildman–Crippen MR) is 147 cm³/mol. The number of pyridine rings is 1. The van der Waals surface area contributed by atoms with Gasteiger partial charge in [0.2, 0.25) is 5.88 Å². The molecule has 12 heteroatoms. The molecule has 1 N–H and O–H groups in total. The third-order valence-corrected chi connectivity index (χ3v) is 6.66. The lowest BCUT2D eigenvalue weighted by Gasteiger charge is -2.12. The van der Waals surface area contributed by atoms with E-state index < -0.39 is 30.6 Å². The zero-order valence-electron chi connectivity index (χ0n) is 22.7. The minimum atomic E-state index is -4.85. The summed E-state index contributed by atoms with van der Waals surface area (Å²) in [5.74, 6) is -1.76. The molecule has 0 aliphatic heterocycles. The molecule has 0 saturated heterocycles. The summed E-state index contributed by atoms with van der Waals surface area (Å²) in [6.45, 7) is 0.696. The Morgan fingerprint density at radius 1 is 0.930 bits per heavy atom. The maximum Gasteiger partial charge on any atom is 0.522 e. The first-order valence-electron chi connectivity index (χ1n) is 13.0. The van der Waals surface area contributed by atoms with Crippen molar-refractivity contribution in [3.8, 4) is 17.1 Å². The van der Waals surface area contributed by atoms with Crippen LogP contribution in [0.25, 0.3) is 22.3 Å². The second-order valence-corrected chi connectivity index (χ2v) is 9.71. The van der Waals surface area contributed by atoms with E-state index in [1.165, 1.54) is 41.0 Å². The molecule has 0 fully saturated rings. The monoisotopic (exact) mass is 597 g/mol. The van der Waals surface area contributed by atoms with Crippen molar-refractivity contribution < 1.29 is 41.3 Å². The summed E-state index contributed by atoms with van der Waals surface area (Å²) in [6.07, 6.45) is -4.94. The highest BCUT2D eigenvalue weighted by atomic mass is 19.4. The van der Waals surface area contributed by atoms with E-state index in [1.54, 1.807) is 43.3 Å². The number of fused-ring (bicyclic) bond motifs is 1. The van der Waals surface area contributed by atoms with Crippen LogP contribution in [0.2, 0.25) is 0 Å². The number of benzene rings is 3. The first-order chi connectivity index (χ1) is 20.5. The Hall–Kier alpha value is -4.84. The van der Waals surface area contributed by atoms with Gasteiger partial charge in [0.05, 0.1) is 28.9 Å². The highest BCUT2D eigenvalue weighted by Gasteiger charge is 2.29. The van der Waals surface area contributed by atoms with Gasteiger partial charge in [0.25, 0.3) is 0 Å². The number of aryl methyl sites for hydroxylation is 1. The lowest BCUT2D eigenvalue weighted by molar-refractivity contribution is -0.325. The van der Waals surface area contributed by atoms with Gasteiger partial charge in [0.1, 0.15) is 24.1 Å². The number of aromatic carboxylic acids is 1. The lowest BCUT2D eigenvalue weighted by atomic mass is 10.1. The Labute approximate surface area is 242 Å². The minimum Gasteiger partial charge on any atom is -0.478 e. The molecule has 0 aliphatic carbocycles. The van der Waals surface area contributed by atoms with Crippen LogP contribution in [-0.2, 0) is 24.3 Å². The molecule has 222 valence electrons. The smallest absolute Gasteiger partial charge is 0.478 e. The van der Waals surface area contributed by atoms with Gasteiger partial charge in [0, 0.05) is 30.2 Å². The van der Waals surface area contributed by atoms with Gasteiger partial charge in [-0.05, 0) is 54.4 Å². The molecule has 0 saturated carbocycles. The van der Waals surface area contributed by atoms with Gasteiger partial charge >= 0.3 is 12.3 Å². The molecule has 2 aromatic heterocycles. The molecule has 5 aromatic rings. The van der Waals surface area contributed by atoms with Gasteiger partial charge in [-0.1, -0.05) is 30.3 Å². The van der Waals surface area contributed by atoms with Crippen molar-refractivity contribution in [2.24, 2.45) is 0 Å². The highest BCUT2D eigenvalue weighted by Crippen LogP contribution is 2.26. The van der Waals surface area contributed by atoms with Gasteiger partial charge in [-0.3, -0.25) is 4.74 Å². The van der Waals surface area contributed by atoms with E-state index in [0.29, 0.717) is 22.3 Å². The third-order valence-electron chi connectivity index (χ3n) is 6.66. The molecule has 0 spiro atoms. The Bertz CT molecular complexity index is 1800. The molecule has 7 nitrogen and oxygen atoms in total. The summed E-state index contributed by atoms with van der Waals surface area (Å²) in [5, 5.41) is 9.35. The first kappa shape index (κ1) is 29.6. The molecule has 0 unspecified atom stereocenters. The molecule has 0 bridgehead atoms. The predicted octanol–water partition coefficient (Wildman–Crippen LogP) is 7.09. The zero-order valence-corrected chi connectivity index (χ0v) is 22.7. The summed E-state index contributed by atoms with van der Waals surface area (Å²) < 4.78 is 78.3. The van der Waals surface area contributed by atoms with Crippen LogP contribution in [0.1, 0.15) is 32.9 Å². The second kappa shape index (κ2) is 12.2. The first-order valence-corrected chi connectivity index (χ1v) is 13.0. The van der Waals surface area contributed by atoms with E-state index in [9.17, 15) is 27.5 Å². The van der Waals surface area contributed by atoms with Crippen LogP contribution in [0.5, 0.6) is 5.88 Å². The van der Waals surface area contributed by atoms with Crippen LogP contribution in [0.15, 0.2) is 72.8 Å². The van der Waals surface area contributed by atoms with E-state index in [4.69, 9.17) is 4.74 Å². The average molecular weight is 598 g/mol. The average Bonchev–Trinajstić information content (AvgIpc) is 3.29. The molecular formula is C31H24F5N3O4.